The van der Waals surface area contributed by atoms with Crippen LogP contribution in [0.15, 0.2) is 60.8 Å². The number of benzene rings is 2. The molecule has 2 saturated heterocycles. The van der Waals surface area contributed by atoms with E-state index >= 15 is 0 Å². The van der Waals surface area contributed by atoms with Gasteiger partial charge in [-0.25, -0.2) is 9.97 Å². The predicted molar refractivity (Wildman–Crippen MR) is 181 cm³/mol. The predicted octanol–water partition coefficient (Wildman–Crippen LogP) is 6.24. The topological polar surface area (TPSA) is 100 Å². The van der Waals surface area contributed by atoms with Crippen LogP contribution in [0.3, 0.4) is 0 Å². The summed E-state index contributed by atoms with van der Waals surface area (Å²) in [5.74, 6) is 3.86. The van der Waals surface area contributed by atoms with Gasteiger partial charge in [0.15, 0.2) is 5.82 Å². The van der Waals surface area contributed by atoms with Crippen molar-refractivity contribution in [3.63, 3.8) is 0 Å². The van der Waals surface area contributed by atoms with Crippen LogP contribution in [-0.4, -0.2) is 66.4 Å². The first kappa shape index (κ1) is 28.3. The monoisotopic (exact) mass is 655 g/mol. The van der Waals surface area contributed by atoms with Crippen LogP contribution in [0, 0.1) is 40.9 Å². The third kappa shape index (κ3) is 4.28. The van der Waals surface area contributed by atoms with E-state index in [-0.39, 0.29) is 17.7 Å². The van der Waals surface area contributed by atoms with Crippen molar-refractivity contribution in [1.82, 2.24) is 28.9 Å². The Balaban J connectivity index is 1.02. The van der Waals surface area contributed by atoms with Crippen LogP contribution in [0.5, 0.6) is 0 Å². The lowest BCUT2D eigenvalue weighted by atomic mass is 9.53. The fourth-order valence-electron chi connectivity index (χ4n) is 9.07. The molecule has 5 heterocycles. The van der Waals surface area contributed by atoms with Gasteiger partial charge in [-0.2, -0.15) is 5.26 Å². The Hall–Kier alpha value is -4.68. The van der Waals surface area contributed by atoms with Gasteiger partial charge in [0.1, 0.15) is 5.65 Å². The van der Waals surface area contributed by atoms with E-state index < -0.39 is 0 Å². The molecule has 5 aliphatic rings. The van der Waals surface area contributed by atoms with Crippen LogP contribution >= 0.6 is 11.6 Å². The summed E-state index contributed by atoms with van der Waals surface area (Å²) >= 11 is 7.14. The van der Waals surface area contributed by atoms with Gasteiger partial charge < -0.3 is 18.9 Å². The van der Waals surface area contributed by atoms with Gasteiger partial charge in [0, 0.05) is 67.4 Å². The summed E-state index contributed by atoms with van der Waals surface area (Å²) in [4.78, 5) is 41.1. The molecule has 0 spiro atoms. The third-order valence-corrected chi connectivity index (χ3v) is 12.1. The zero-order valence-corrected chi connectivity index (χ0v) is 27.2. The fraction of sp³-hybridized carbons (Fsp3) is 0.395. The molecule has 4 atom stereocenters. The maximum atomic E-state index is 13.9. The number of hydrogen-bond donors (Lipinski definition) is 0. The number of nitriles is 1. The number of carbonyl (C=O) groups excluding carboxylic acids is 2. The standard InChI is InChI=1S/C38H34ClN7O2/c39-29-11-27(38(48)45-20-28-10-26-14-31(45)33(26)28)12-30-34(29)46(19-23-16-43(17-23)37(47)24-7-5-21(15-40)6-8-24)36(42-30)32-13-25-2-1-9-41-35(25)44(32)18-22-3-4-22/h1-2,5-9,11-13,22-23,26,28,31,33H,3-4,10,14,16-20H2/t26?,28?,31?,33-/m1/s1. The largest absolute Gasteiger partial charge is 0.338 e. The highest BCUT2D eigenvalue weighted by Gasteiger charge is 2.61. The number of amides is 2. The van der Waals surface area contributed by atoms with Crippen molar-refractivity contribution in [3.8, 4) is 17.6 Å². The number of pyridine rings is 1. The zero-order valence-electron chi connectivity index (χ0n) is 26.4. The summed E-state index contributed by atoms with van der Waals surface area (Å²) in [6.07, 6.45) is 6.67. The Labute approximate surface area is 282 Å². The molecule has 2 aromatic carbocycles. The van der Waals surface area contributed by atoms with Crippen molar-refractivity contribution in [2.24, 2.45) is 29.6 Å². The quantitative estimate of drug-likeness (QED) is 0.207. The number of halogens is 1. The molecule has 3 aromatic heterocycles. The number of imidazole rings is 1. The Morgan fingerprint density at radius 1 is 0.896 bits per heavy atom. The molecule has 2 aliphatic heterocycles. The van der Waals surface area contributed by atoms with Gasteiger partial charge in [0.25, 0.3) is 11.8 Å². The van der Waals surface area contributed by atoms with Gasteiger partial charge in [-0.05, 0) is 104 Å². The highest BCUT2D eigenvalue weighted by molar-refractivity contribution is 6.35. The first-order valence-electron chi connectivity index (χ1n) is 17.2. The van der Waals surface area contributed by atoms with Crippen molar-refractivity contribution in [1.29, 1.82) is 5.26 Å². The van der Waals surface area contributed by atoms with E-state index in [0.717, 1.165) is 59.0 Å². The molecule has 240 valence electrons. The molecule has 10 rings (SSSR count). The number of aromatic nitrogens is 4. The highest BCUT2D eigenvalue weighted by atomic mass is 35.5. The molecule has 9 nitrogen and oxygen atoms in total. The second-order valence-corrected chi connectivity index (χ2v) is 15.1. The Bertz CT molecular complexity index is 2200. The smallest absolute Gasteiger partial charge is 0.254 e. The molecule has 3 unspecified atom stereocenters. The van der Waals surface area contributed by atoms with Crippen LogP contribution < -0.4 is 0 Å². The molecule has 10 heteroatoms. The average molecular weight is 656 g/mol. The molecule has 48 heavy (non-hydrogen) atoms. The summed E-state index contributed by atoms with van der Waals surface area (Å²) in [6, 6.07) is 19.3. The first-order valence-corrected chi connectivity index (χ1v) is 17.6. The third-order valence-electron chi connectivity index (χ3n) is 11.8. The molecule has 3 saturated carbocycles. The van der Waals surface area contributed by atoms with Gasteiger partial charge in [0.2, 0.25) is 0 Å². The van der Waals surface area contributed by atoms with E-state index in [0.29, 0.717) is 65.1 Å². The lowest BCUT2D eigenvalue weighted by Crippen LogP contribution is -2.53. The molecule has 0 bridgehead atoms. The zero-order chi connectivity index (χ0) is 32.3. The maximum Gasteiger partial charge on any atom is 0.254 e. The minimum Gasteiger partial charge on any atom is -0.338 e. The molecular formula is C38H34ClN7O2. The lowest BCUT2D eigenvalue weighted by Gasteiger charge is -2.52. The van der Waals surface area contributed by atoms with Gasteiger partial charge in [-0.3, -0.25) is 9.59 Å². The van der Waals surface area contributed by atoms with Gasteiger partial charge >= 0.3 is 0 Å². The summed E-state index contributed by atoms with van der Waals surface area (Å²) in [6.45, 7) is 3.59. The molecule has 3 aliphatic carbocycles. The van der Waals surface area contributed by atoms with E-state index in [1.807, 2.05) is 29.3 Å². The van der Waals surface area contributed by atoms with E-state index in [1.165, 1.54) is 19.3 Å². The number of nitrogens with zero attached hydrogens (tertiary/aromatic N) is 7. The second kappa shape index (κ2) is 10.4. The SMILES string of the molecule is N#Cc1ccc(C(=O)N2CC(Cn3c(-c4cc5cccnc5n4CC4CC4)nc4cc(C(=O)N5CC6CC7CC5[C@H]76)cc(Cl)c43)C2)cc1. The van der Waals surface area contributed by atoms with E-state index in [9.17, 15) is 9.59 Å². The summed E-state index contributed by atoms with van der Waals surface area (Å²) in [5, 5.41) is 10.7. The van der Waals surface area contributed by atoms with Crippen molar-refractivity contribution in [3.05, 3.63) is 82.5 Å². The van der Waals surface area contributed by atoms with Crippen molar-refractivity contribution >= 4 is 45.5 Å². The summed E-state index contributed by atoms with van der Waals surface area (Å²) < 4.78 is 4.52. The fourth-order valence-corrected chi connectivity index (χ4v) is 9.39. The van der Waals surface area contributed by atoms with Crippen molar-refractivity contribution in [2.45, 2.75) is 44.8 Å². The molecular weight excluding hydrogens is 622 g/mol. The maximum absolute atomic E-state index is 13.9. The number of carbonyl (C=O) groups is 2. The van der Waals surface area contributed by atoms with E-state index in [1.54, 1.807) is 24.3 Å². The van der Waals surface area contributed by atoms with Crippen LogP contribution in [-0.2, 0) is 13.1 Å². The van der Waals surface area contributed by atoms with E-state index in [2.05, 4.69) is 32.2 Å². The Morgan fingerprint density at radius 2 is 1.71 bits per heavy atom. The van der Waals surface area contributed by atoms with E-state index in [4.69, 9.17) is 26.8 Å². The van der Waals surface area contributed by atoms with Gasteiger partial charge in [0.05, 0.1) is 33.4 Å². The normalized spacial score (nSPS) is 24.2. The second-order valence-electron chi connectivity index (χ2n) is 14.7. The first-order chi connectivity index (χ1) is 23.4. The van der Waals surface area contributed by atoms with Crippen LogP contribution in [0.1, 0.15) is 52.0 Å². The van der Waals surface area contributed by atoms with Crippen molar-refractivity contribution in [2.75, 3.05) is 19.6 Å². The molecule has 5 aromatic rings. The minimum atomic E-state index is -0.0311. The van der Waals surface area contributed by atoms with Crippen LogP contribution in [0.4, 0.5) is 0 Å². The lowest BCUT2D eigenvalue weighted by molar-refractivity contribution is -0.0204. The van der Waals surface area contributed by atoms with Crippen molar-refractivity contribution < 1.29 is 9.59 Å². The molecule has 0 radical (unpaired) electrons. The van der Waals surface area contributed by atoms with Gasteiger partial charge in [-0.15, -0.1) is 0 Å². The van der Waals surface area contributed by atoms with Gasteiger partial charge in [-0.1, -0.05) is 11.6 Å². The summed E-state index contributed by atoms with van der Waals surface area (Å²) in [7, 11) is 0. The minimum absolute atomic E-state index is 0.0311. The molecule has 5 fully saturated rings. The Morgan fingerprint density at radius 3 is 2.46 bits per heavy atom. The molecule has 0 N–H and O–H groups in total. The highest BCUT2D eigenvalue weighted by Crippen LogP contribution is 2.60. The number of rotatable bonds is 7. The Kier molecular flexibility index (Phi) is 6.15. The summed E-state index contributed by atoms with van der Waals surface area (Å²) in [5.41, 5.74) is 5.21. The average Bonchev–Trinajstić information content (AvgIpc) is 3.72. The molecule has 2 amide bonds. The number of likely N-dealkylation sites (tertiary alicyclic amines) is 2. The number of fused-ring (bicyclic) bond motifs is 2. The number of hydrogen-bond acceptors (Lipinski definition) is 5. The van der Waals surface area contributed by atoms with Crippen LogP contribution in [0.25, 0.3) is 33.6 Å². The van der Waals surface area contributed by atoms with Crippen LogP contribution in [0.2, 0.25) is 5.02 Å².